The first-order valence-corrected chi connectivity index (χ1v) is 13.8. The molecule has 35 heavy (non-hydrogen) atoms. The average Bonchev–Trinajstić information content (AvgIpc) is 2.74. The number of halogens is 2. The van der Waals surface area contributed by atoms with Crippen molar-refractivity contribution in [2.24, 2.45) is 5.92 Å². The van der Waals surface area contributed by atoms with Crippen molar-refractivity contribution >= 4 is 15.7 Å². The maximum Gasteiger partial charge on any atom is 0.220 e. The number of fused-ring (bicyclic) bond motifs is 1. The largest absolute Gasteiger partial charge is 0.390 e. The van der Waals surface area contributed by atoms with Gasteiger partial charge in [-0.1, -0.05) is 39.0 Å². The molecule has 3 rings (SSSR count). The molecule has 0 spiro atoms. The molecule has 9 heteroatoms. The number of carbonyl (C=O) groups excluding carboxylic acids is 1. The molecule has 0 unspecified atom stereocenters. The van der Waals surface area contributed by atoms with Crippen LogP contribution >= 0.6 is 0 Å². The Bertz CT molecular complexity index is 1130. The van der Waals surface area contributed by atoms with Crippen LogP contribution in [0.2, 0.25) is 0 Å². The number of aliphatic hydroxyl groups excluding tert-OH is 1. The number of benzene rings is 2. The van der Waals surface area contributed by atoms with Gasteiger partial charge in [0.25, 0.3) is 0 Å². The summed E-state index contributed by atoms with van der Waals surface area (Å²) in [5, 5.41) is 16.9. The fraction of sp³-hybridized carbons (Fsp3) is 0.500. The highest BCUT2D eigenvalue weighted by Gasteiger charge is 2.31. The summed E-state index contributed by atoms with van der Waals surface area (Å²) in [5.74, 6) is -1.79. The molecule has 192 valence electrons. The van der Waals surface area contributed by atoms with E-state index in [0.717, 1.165) is 29.2 Å². The number of aliphatic hydroxyl groups is 1. The van der Waals surface area contributed by atoms with E-state index in [0.29, 0.717) is 5.56 Å². The minimum absolute atomic E-state index is 0.0135. The third kappa shape index (κ3) is 7.81. The van der Waals surface area contributed by atoms with Crippen LogP contribution in [0.15, 0.2) is 36.4 Å². The Morgan fingerprint density at radius 1 is 1.11 bits per heavy atom. The fourth-order valence-electron chi connectivity index (χ4n) is 4.44. The van der Waals surface area contributed by atoms with E-state index in [4.69, 9.17) is 0 Å². The highest BCUT2D eigenvalue weighted by Crippen LogP contribution is 2.29. The molecule has 0 fully saturated rings. The van der Waals surface area contributed by atoms with Crippen molar-refractivity contribution in [2.45, 2.75) is 64.0 Å². The minimum atomic E-state index is -3.32. The van der Waals surface area contributed by atoms with Crippen LogP contribution in [0.4, 0.5) is 8.78 Å². The Labute approximate surface area is 206 Å². The zero-order valence-electron chi connectivity index (χ0n) is 20.4. The first-order valence-electron chi connectivity index (χ1n) is 11.9. The number of sulfone groups is 1. The smallest absolute Gasteiger partial charge is 0.220 e. The Morgan fingerprint density at radius 2 is 1.80 bits per heavy atom. The molecular weight excluding hydrogens is 474 g/mol. The lowest BCUT2D eigenvalue weighted by molar-refractivity contribution is -0.123. The van der Waals surface area contributed by atoms with E-state index in [9.17, 15) is 27.1 Å². The summed E-state index contributed by atoms with van der Waals surface area (Å²) in [6.45, 7) is 5.79. The van der Waals surface area contributed by atoms with Gasteiger partial charge in [-0.15, -0.1) is 0 Å². The monoisotopic (exact) mass is 508 g/mol. The zero-order chi connectivity index (χ0) is 25.8. The van der Waals surface area contributed by atoms with Gasteiger partial charge in [-0.25, -0.2) is 17.2 Å². The second-order valence-electron chi connectivity index (χ2n) is 9.72. The van der Waals surface area contributed by atoms with Crippen LogP contribution in [0.25, 0.3) is 0 Å². The fourth-order valence-corrected chi connectivity index (χ4v) is 6.10. The van der Waals surface area contributed by atoms with Gasteiger partial charge in [0.05, 0.1) is 23.7 Å². The molecule has 0 aliphatic carbocycles. The number of amides is 1. The van der Waals surface area contributed by atoms with Crippen molar-refractivity contribution in [2.75, 3.05) is 12.3 Å². The standard InChI is InChI=1S/C26H34F2N2O4S/c1-4-17-5-6-19-14-35(33,34)15-24(22(19)10-17)29-13-25(31)23(30-26(32)7-16(2)3)11-18-8-20(27)12-21(28)9-18/h5-6,8-10,12,16,23-25,29,31H,4,7,11,13-15H2,1-3H3,(H,30,32)/t23-,24-,25+/m0/s1. The van der Waals surface area contributed by atoms with E-state index in [1.165, 1.54) is 12.1 Å². The maximum atomic E-state index is 13.7. The van der Waals surface area contributed by atoms with Crippen molar-refractivity contribution in [1.82, 2.24) is 10.6 Å². The lowest BCUT2D eigenvalue weighted by Gasteiger charge is -2.30. The number of hydrogen-bond donors (Lipinski definition) is 3. The topological polar surface area (TPSA) is 95.5 Å². The summed E-state index contributed by atoms with van der Waals surface area (Å²) in [5.41, 5.74) is 3.01. The second-order valence-corrected chi connectivity index (χ2v) is 11.8. The normalized spacial score (nSPS) is 18.7. The molecule has 0 aromatic heterocycles. The van der Waals surface area contributed by atoms with Crippen LogP contribution in [-0.4, -0.2) is 43.9 Å². The van der Waals surface area contributed by atoms with Crippen LogP contribution in [0.1, 0.15) is 55.5 Å². The summed E-state index contributed by atoms with van der Waals surface area (Å²) in [4.78, 5) is 12.4. The molecule has 1 aliphatic rings. The lowest BCUT2D eigenvalue weighted by Crippen LogP contribution is -2.50. The van der Waals surface area contributed by atoms with E-state index in [2.05, 4.69) is 10.6 Å². The molecule has 2 aromatic rings. The van der Waals surface area contributed by atoms with Crippen molar-refractivity contribution in [3.8, 4) is 0 Å². The van der Waals surface area contributed by atoms with Crippen molar-refractivity contribution < 1.29 is 27.1 Å². The van der Waals surface area contributed by atoms with Crippen LogP contribution in [0.5, 0.6) is 0 Å². The van der Waals surface area contributed by atoms with Gasteiger partial charge in [0.1, 0.15) is 11.6 Å². The third-order valence-corrected chi connectivity index (χ3v) is 7.74. The Morgan fingerprint density at radius 3 is 2.43 bits per heavy atom. The first-order chi connectivity index (χ1) is 16.5. The van der Waals surface area contributed by atoms with Gasteiger partial charge in [-0.2, -0.15) is 0 Å². The van der Waals surface area contributed by atoms with E-state index in [-0.39, 0.29) is 42.7 Å². The molecule has 3 N–H and O–H groups in total. The average molecular weight is 509 g/mol. The summed E-state index contributed by atoms with van der Waals surface area (Å²) in [6, 6.07) is 7.51. The maximum absolute atomic E-state index is 13.7. The molecule has 1 heterocycles. The molecule has 0 radical (unpaired) electrons. The van der Waals surface area contributed by atoms with Gasteiger partial charge in [0.2, 0.25) is 5.91 Å². The molecule has 1 aliphatic heterocycles. The molecule has 1 amide bonds. The van der Waals surface area contributed by atoms with Gasteiger partial charge in [0, 0.05) is 25.1 Å². The minimum Gasteiger partial charge on any atom is -0.390 e. The molecule has 2 aromatic carbocycles. The van der Waals surface area contributed by atoms with Crippen LogP contribution in [-0.2, 0) is 33.2 Å². The van der Waals surface area contributed by atoms with Crippen molar-refractivity contribution in [3.63, 3.8) is 0 Å². The van der Waals surface area contributed by atoms with Gasteiger partial charge < -0.3 is 15.7 Å². The number of rotatable bonds is 10. The third-order valence-electron chi connectivity index (χ3n) is 6.15. The van der Waals surface area contributed by atoms with Gasteiger partial charge >= 0.3 is 0 Å². The van der Waals surface area contributed by atoms with Gasteiger partial charge in [0.15, 0.2) is 9.84 Å². The number of aryl methyl sites for hydroxylation is 1. The van der Waals surface area contributed by atoms with Crippen molar-refractivity contribution in [1.29, 1.82) is 0 Å². The SMILES string of the molecule is CCc1ccc2c(c1)[C@@H](NC[C@@H](O)[C@H](Cc1cc(F)cc(F)c1)NC(=O)CC(C)C)CS(=O)(=O)C2. The highest BCUT2D eigenvalue weighted by molar-refractivity contribution is 7.90. The predicted octanol–water partition coefficient (Wildman–Crippen LogP) is 3.22. The molecule has 0 saturated carbocycles. The lowest BCUT2D eigenvalue weighted by atomic mass is 9.96. The Kier molecular flexibility index (Phi) is 9.01. The van der Waals surface area contributed by atoms with E-state index < -0.39 is 39.7 Å². The Balaban J connectivity index is 1.78. The predicted molar refractivity (Wildman–Crippen MR) is 132 cm³/mol. The van der Waals surface area contributed by atoms with Crippen LogP contribution < -0.4 is 10.6 Å². The molecular formula is C26H34F2N2O4S. The first kappa shape index (κ1) is 27.2. The highest BCUT2D eigenvalue weighted by atomic mass is 32.2. The summed E-state index contributed by atoms with van der Waals surface area (Å²) in [7, 11) is -3.32. The molecule has 0 saturated heterocycles. The van der Waals surface area contributed by atoms with Crippen LogP contribution in [0, 0.1) is 17.6 Å². The van der Waals surface area contributed by atoms with E-state index in [1.54, 1.807) is 0 Å². The summed E-state index contributed by atoms with van der Waals surface area (Å²) < 4.78 is 52.4. The second kappa shape index (κ2) is 11.6. The van der Waals surface area contributed by atoms with E-state index in [1.807, 2.05) is 39.0 Å². The number of carbonyl (C=O) groups is 1. The van der Waals surface area contributed by atoms with Gasteiger partial charge in [-0.05, 0) is 53.1 Å². The van der Waals surface area contributed by atoms with E-state index >= 15 is 0 Å². The number of nitrogens with one attached hydrogen (secondary N) is 2. The summed E-state index contributed by atoms with van der Waals surface area (Å²) >= 11 is 0. The van der Waals surface area contributed by atoms with Crippen LogP contribution in [0.3, 0.4) is 0 Å². The Hall–Kier alpha value is -2.36. The molecule has 6 nitrogen and oxygen atoms in total. The van der Waals surface area contributed by atoms with Gasteiger partial charge in [-0.3, -0.25) is 4.79 Å². The number of hydrogen-bond acceptors (Lipinski definition) is 5. The quantitative estimate of drug-likeness (QED) is 0.458. The summed E-state index contributed by atoms with van der Waals surface area (Å²) in [6.07, 6.45) is -0.0630. The molecule has 0 bridgehead atoms. The zero-order valence-corrected chi connectivity index (χ0v) is 21.2. The molecule has 3 atom stereocenters. The van der Waals surface area contributed by atoms with Crippen molar-refractivity contribution in [3.05, 3.63) is 70.3 Å².